The predicted molar refractivity (Wildman–Crippen MR) is 67.9 cm³/mol. The number of hydrogen-bond acceptors (Lipinski definition) is 2. The maximum atomic E-state index is 11.8. The Morgan fingerprint density at radius 3 is 2.72 bits per heavy atom. The molecular formula is C13H20N2O3. The third kappa shape index (κ3) is 3.95. The zero-order chi connectivity index (χ0) is 13.5. The summed E-state index contributed by atoms with van der Waals surface area (Å²) in [5.74, 6) is 1.28. The maximum Gasteiger partial charge on any atom is 0.317 e. The molecule has 0 bridgehead atoms. The lowest BCUT2D eigenvalue weighted by molar-refractivity contribution is -0.142. The normalized spacial score (nSPS) is 22.6. The number of carboxylic acid groups (broad SMARTS) is 1. The number of terminal acetylenes is 1. The number of urea groups is 1. The summed E-state index contributed by atoms with van der Waals surface area (Å²) < 4.78 is 0. The van der Waals surface area contributed by atoms with Crippen LogP contribution in [0.25, 0.3) is 0 Å². The van der Waals surface area contributed by atoms with E-state index in [0.717, 1.165) is 19.3 Å². The van der Waals surface area contributed by atoms with E-state index in [1.165, 1.54) is 0 Å². The summed E-state index contributed by atoms with van der Waals surface area (Å²) in [7, 11) is 0. The molecule has 0 aromatic heterocycles. The van der Waals surface area contributed by atoms with Gasteiger partial charge in [-0.2, -0.15) is 0 Å². The molecule has 1 saturated heterocycles. The molecule has 100 valence electrons. The van der Waals surface area contributed by atoms with Gasteiger partial charge in [-0.15, -0.1) is 12.3 Å². The predicted octanol–water partition coefficient (Wildman–Crippen LogP) is 1.15. The van der Waals surface area contributed by atoms with Gasteiger partial charge in [0.25, 0.3) is 0 Å². The van der Waals surface area contributed by atoms with E-state index in [4.69, 9.17) is 11.5 Å². The summed E-state index contributed by atoms with van der Waals surface area (Å²) >= 11 is 0. The Balaban J connectivity index is 2.27. The van der Waals surface area contributed by atoms with Gasteiger partial charge in [0.2, 0.25) is 0 Å². The van der Waals surface area contributed by atoms with E-state index >= 15 is 0 Å². The Bertz CT molecular complexity index is 349. The van der Waals surface area contributed by atoms with Crippen LogP contribution in [0.3, 0.4) is 0 Å². The minimum atomic E-state index is -0.827. The largest absolute Gasteiger partial charge is 0.481 e. The minimum Gasteiger partial charge on any atom is -0.481 e. The lowest BCUT2D eigenvalue weighted by Gasteiger charge is -2.16. The quantitative estimate of drug-likeness (QED) is 0.569. The van der Waals surface area contributed by atoms with E-state index in [2.05, 4.69) is 11.2 Å². The third-order valence-electron chi connectivity index (χ3n) is 3.24. The number of aliphatic carboxylic acids is 1. The first kappa shape index (κ1) is 14.4. The average molecular weight is 252 g/mol. The van der Waals surface area contributed by atoms with E-state index in [9.17, 15) is 9.59 Å². The number of likely N-dealkylation sites (tertiary alicyclic amines) is 1. The number of carboxylic acids is 1. The lowest BCUT2D eigenvalue weighted by Crippen LogP contribution is -2.39. The second-order valence-corrected chi connectivity index (χ2v) is 4.72. The molecule has 18 heavy (non-hydrogen) atoms. The summed E-state index contributed by atoms with van der Waals surface area (Å²) in [6, 6.07) is -0.175. The van der Waals surface area contributed by atoms with E-state index in [-0.39, 0.29) is 11.9 Å². The Hall–Kier alpha value is -1.70. The van der Waals surface area contributed by atoms with Crippen LogP contribution in [-0.2, 0) is 4.79 Å². The molecule has 0 saturated carbocycles. The fourth-order valence-electron chi connectivity index (χ4n) is 2.11. The van der Waals surface area contributed by atoms with E-state index in [1.807, 2.05) is 6.92 Å². The summed E-state index contributed by atoms with van der Waals surface area (Å²) in [4.78, 5) is 24.3. The number of carbonyl (C=O) groups excluding carboxylic acids is 1. The fourth-order valence-corrected chi connectivity index (χ4v) is 2.11. The van der Waals surface area contributed by atoms with Gasteiger partial charge in [0.1, 0.15) is 0 Å². The lowest BCUT2D eigenvalue weighted by atomic mass is 9.99. The number of rotatable bonds is 5. The molecule has 0 radical (unpaired) electrons. The van der Waals surface area contributed by atoms with Crippen molar-refractivity contribution in [2.45, 2.75) is 26.2 Å². The van der Waals surface area contributed by atoms with Gasteiger partial charge in [0, 0.05) is 26.1 Å². The molecular weight excluding hydrogens is 232 g/mol. The smallest absolute Gasteiger partial charge is 0.317 e. The molecule has 0 aromatic carbocycles. The van der Waals surface area contributed by atoms with Crippen molar-refractivity contribution in [3.05, 3.63) is 0 Å². The van der Waals surface area contributed by atoms with Crippen molar-refractivity contribution >= 4 is 12.0 Å². The molecule has 1 heterocycles. The minimum absolute atomic E-state index is 0.00897. The molecule has 5 nitrogen and oxygen atoms in total. The molecule has 2 atom stereocenters. The fraction of sp³-hybridized carbons (Fsp3) is 0.692. The Labute approximate surface area is 108 Å². The number of amides is 2. The van der Waals surface area contributed by atoms with Crippen LogP contribution in [0.2, 0.25) is 0 Å². The topological polar surface area (TPSA) is 69.6 Å². The maximum absolute atomic E-state index is 11.8. The highest BCUT2D eigenvalue weighted by Gasteiger charge is 2.36. The van der Waals surface area contributed by atoms with Crippen molar-refractivity contribution in [1.29, 1.82) is 0 Å². The van der Waals surface area contributed by atoms with Crippen molar-refractivity contribution < 1.29 is 14.7 Å². The van der Waals surface area contributed by atoms with Gasteiger partial charge in [-0.05, 0) is 18.8 Å². The number of nitrogens with one attached hydrogen (secondary N) is 1. The monoisotopic (exact) mass is 252 g/mol. The molecule has 5 heteroatoms. The Morgan fingerprint density at radius 1 is 1.44 bits per heavy atom. The summed E-state index contributed by atoms with van der Waals surface area (Å²) in [6.45, 7) is 3.25. The van der Waals surface area contributed by atoms with Crippen molar-refractivity contribution in [2.24, 2.45) is 11.8 Å². The van der Waals surface area contributed by atoms with Crippen LogP contribution in [0, 0.1) is 24.2 Å². The number of nitrogens with zero attached hydrogens (tertiary/aromatic N) is 1. The summed E-state index contributed by atoms with van der Waals surface area (Å²) in [5.41, 5.74) is 0. The molecule has 2 N–H and O–H groups in total. The second-order valence-electron chi connectivity index (χ2n) is 4.72. The molecule has 0 unspecified atom stereocenters. The zero-order valence-electron chi connectivity index (χ0n) is 10.7. The number of unbranched alkanes of at least 4 members (excludes halogenated alkanes) is 2. The van der Waals surface area contributed by atoms with E-state index in [1.54, 1.807) is 4.90 Å². The molecule has 1 aliphatic heterocycles. The van der Waals surface area contributed by atoms with E-state index in [0.29, 0.717) is 19.6 Å². The molecule has 0 spiro atoms. The van der Waals surface area contributed by atoms with Gasteiger partial charge in [-0.1, -0.05) is 6.92 Å². The third-order valence-corrected chi connectivity index (χ3v) is 3.24. The number of carbonyl (C=O) groups is 2. The zero-order valence-corrected chi connectivity index (χ0v) is 10.7. The van der Waals surface area contributed by atoms with Crippen molar-refractivity contribution in [3.63, 3.8) is 0 Å². The van der Waals surface area contributed by atoms with Gasteiger partial charge in [0.15, 0.2) is 0 Å². The molecule has 1 fully saturated rings. The highest BCUT2D eigenvalue weighted by atomic mass is 16.4. The average Bonchev–Trinajstić information content (AvgIpc) is 2.71. The van der Waals surface area contributed by atoms with Crippen molar-refractivity contribution in [1.82, 2.24) is 10.2 Å². The first-order valence-corrected chi connectivity index (χ1v) is 6.25. The van der Waals surface area contributed by atoms with Gasteiger partial charge < -0.3 is 15.3 Å². The number of hydrogen-bond donors (Lipinski definition) is 2. The first-order chi connectivity index (χ1) is 8.56. The van der Waals surface area contributed by atoms with Crippen LogP contribution in [0.1, 0.15) is 26.2 Å². The van der Waals surface area contributed by atoms with Crippen molar-refractivity contribution in [3.8, 4) is 12.3 Å². The second kappa shape index (κ2) is 6.90. The van der Waals surface area contributed by atoms with Crippen LogP contribution in [0.4, 0.5) is 4.79 Å². The molecule has 0 aromatic rings. The summed E-state index contributed by atoms with van der Waals surface area (Å²) in [6.07, 6.45) is 7.59. The highest BCUT2D eigenvalue weighted by Crippen LogP contribution is 2.22. The highest BCUT2D eigenvalue weighted by molar-refractivity contribution is 5.77. The standard InChI is InChI=1S/C13H20N2O3/c1-3-4-5-6-7-14-13(18)15-8-10(2)11(9-15)12(16)17/h1,10-11H,4-9H2,2H3,(H,14,18)(H,16,17)/t10-,11-/m1/s1. The van der Waals surface area contributed by atoms with Crippen LogP contribution in [0.15, 0.2) is 0 Å². The van der Waals surface area contributed by atoms with Gasteiger partial charge in [0.05, 0.1) is 5.92 Å². The summed E-state index contributed by atoms with van der Waals surface area (Å²) in [5, 5.41) is 11.8. The van der Waals surface area contributed by atoms with Crippen LogP contribution in [-0.4, -0.2) is 41.6 Å². The molecule has 0 aliphatic carbocycles. The first-order valence-electron chi connectivity index (χ1n) is 6.25. The van der Waals surface area contributed by atoms with Crippen molar-refractivity contribution in [2.75, 3.05) is 19.6 Å². The Morgan fingerprint density at radius 2 is 2.17 bits per heavy atom. The molecule has 2 amide bonds. The van der Waals surface area contributed by atoms with Crippen LogP contribution in [0.5, 0.6) is 0 Å². The van der Waals surface area contributed by atoms with Gasteiger partial charge in [-0.3, -0.25) is 4.79 Å². The van der Waals surface area contributed by atoms with Gasteiger partial charge >= 0.3 is 12.0 Å². The molecule has 1 rings (SSSR count). The van der Waals surface area contributed by atoms with Gasteiger partial charge in [-0.25, -0.2) is 4.79 Å². The van der Waals surface area contributed by atoms with Crippen LogP contribution < -0.4 is 5.32 Å². The van der Waals surface area contributed by atoms with Crippen LogP contribution >= 0.6 is 0 Å². The SMILES string of the molecule is C#CCCCCNC(=O)N1C[C@@H](C)[C@H](C(=O)O)C1. The Kier molecular flexibility index (Phi) is 5.50. The molecule has 1 aliphatic rings. The van der Waals surface area contributed by atoms with E-state index < -0.39 is 11.9 Å².